The summed E-state index contributed by atoms with van der Waals surface area (Å²) in [7, 11) is 1.65. The van der Waals surface area contributed by atoms with Crippen LogP contribution in [-0.4, -0.2) is 26.1 Å². The molecule has 0 spiro atoms. The fraction of sp³-hybridized carbons (Fsp3) is 0.500. The smallest absolute Gasteiger partial charge is 0.227 e. The summed E-state index contributed by atoms with van der Waals surface area (Å²) in [5.41, 5.74) is 1.86. The minimum Gasteiger partial charge on any atom is -0.380 e. The van der Waals surface area contributed by atoms with E-state index < -0.39 is 0 Å². The number of halogens is 1. The molecule has 0 radical (unpaired) electrons. The highest BCUT2D eigenvalue weighted by atomic mass is 35.5. The number of hydrogen-bond donors (Lipinski definition) is 2. The van der Waals surface area contributed by atoms with Crippen LogP contribution >= 0.6 is 12.4 Å². The Labute approximate surface area is 120 Å². The Morgan fingerprint density at radius 1 is 1.47 bits per heavy atom. The second-order valence-electron chi connectivity index (χ2n) is 4.79. The molecule has 1 heterocycles. The summed E-state index contributed by atoms with van der Waals surface area (Å²) in [5, 5.41) is 6.19. The van der Waals surface area contributed by atoms with E-state index in [4.69, 9.17) is 4.74 Å². The Bertz CT molecular complexity index is 422. The standard InChI is InChI=1S/C14H20N2O2.ClH/c1-10(12-7-15-8-12)14(17)16-13-6-4-3-5-11(13)9-18-2;/h3-6,10,12,15H,7-9H2,1-2H3,(H,16,17);1H. The van der Waals surface area contributed by atoms with E-state index in [-0.39, 0.29) is 24.2 Å². The molecule has 2 rings (SSSR count). The predicted molar refractivity (Wildman–Crippen MR) is 78.6 cm³/mol. The Morgan fingerprint density at radius 3 is 2.74 bits per heavy atom. The van der Waals surface area contributed by atoms with Crippen LogP contribution in [0.5, 0.6) is 0 Å². The summed E-state index contributed by atoms with van der Waals surface area (Å²) in [6.45, 7) is 4.37. The van der Waals surface area contributed by atoms with Crippen LogP contribution in [-0.2, 0) is 16.1 Å². The molecule has 1 atom stereocenters. The summed E-state index contributed by atoms with van der Waals surface area (Å²) in [6, 6.07) is 7.75. The van der Waals surface area contributed by atoms with Gasteiger partial charge in [-0.3, -0.25) is 4.79 Å². The molecule has 5 heteroatoms. The minimum atomic E-state index is 0. The van der Waals surface area contributed by atoms with Gasteiger partial charge in [-0.2, -0.15) is 0 Å². The van der Waals surface area contributed by atoms with Crippen molar-refractivity contribution in [2.45, 2.75) is 13.5 Å². The van der Waals surface area contributed by atoms with Gasteiger partial charge in [0.05, 0.1) is 6.61 Å². The fourth-order valence-electron chi connectivity index (χ4n) is 2.05. The van der Waals surface area contributed by atoms with Crippen LogP contribution in [0.25, 0.3) is 0 Å². The van der Waals surface area contributed by atoms with E-state index in [2.05, 4.69) is 10.6 Å². The number of ether oxygens (including phenoxy) is 1. The van der Waals surface area contributed by atoms with Crippen LogP contribution in [0.15, 0.2) is 24.3 Å². The molecule has 1 aromatic rings. The molecule has 1 saturated heterocycles. The maximum absolute atomic E-state index is 12.1. The summed E-state index contributed by atoms with van der Waals surface area (Å²) in [6.07, 6.45) is 0. The van der Waals surface area contributed by atoms with Gasteiger partial charge >= 0.3 is 0 Å². The van der Waals surface area contributed by atoms with Gasteiger partial charge in [0.15, 0.2) is 0 Å². The Balaban J connectivity index is 0.00000180. The number of carbonyl (C=O) groups excluding carboxylic acids is 1. The summed E-state index contributed by atoms with van der Waals surface area (Å²) >= 11 is 0. The van der Waals surface area contributed by atoms with Crippen LogP contribution < -0.4 is 10.6 Å². The monoisotopic (exact) mass is 284 g/mol. The van der Waals surface area contributed by atoms with Gasteiger partial charge in [-0.05, 0) is 25.1 Å². The van der Waals surface area contributed by atoms with Crippen LogP contribution in [0.2, 0.25) is 0 Å². The number of amides is 1. The molecule has 1 aromatic carbocycles. The normalized spacial score (nSPS) is 16.1. The number of hydrogen-bond acceptors (Lipinski definition) is 3. The molecule has 1 amide bonds. The first-order valence-corrected chi connectivity index (χ1v) is 6.30. The number of carbonyl (C=O) groups is 1. The molecule has 0 saturated carbocycles. The highest BCUT2D eigenvalue weighted by Gasteiger charge is 2.28. The van der Waals surface area contributed by atoms with Crippen LogP contribution in [0.3, 0.4) is 0 Å². The van der Waals surface area contributed by atoms with Gasteiger partial charge in [0, 0.05) is 24.3 Å². The van der Waals surface area contributed by atoms with Gasteiger partial charge in [0.1, 0.15) is 0 Å². The van der Waals surface area contributed by atoms with Crippen molar-refractivity contribution in [1.29, 1.82) is 0 Å². The van der Waals surface area contributed by atoms with Crippen LogP contribution in [0, 0.1) is 11.8 Å². The maximum Gasteiger partial charge on any atom is 0.227 e. The van der Waals surface area contributed by atoms with Gasteiger partial charge in [-0.25, -0.2) is 0 Å². The third-order valence-electron chi connectivity index (χ3n) is 3.51. The molecule has 1 fully saturated rings. The van der Waals surface area contributed by atoms with Crippen LogP contribution in [0.1, 0.15) is 12.5 Å². The number of anilines is 1. The van der Waals surface area contributed by atoms with Crippen LogP contribution in [0.4, 0.5) is 5.69 Å². The van der Waals surface area contributed by atoms with Gasteiger partial charge in [-0.15, -0.1) is 12.4 Å². The number of para-hydroxylation sites is 1. The van der Waals surface area contributed by atoms with Crippen molar-refractivity contribution in [2.75, 3.05) is 25.5 Å². The SMILES string of the molecule is COCc1ccccc1NC(=O)C(C)C1CNC1.Cl. The quantitative estimate of drug-likeness (QED) is 0.870. The topological polar surface area (TPSA) is 50.4 Å². The van der Waals surface area contributed by atoms with E-state index >= 15 is 0 Å². The first kappa shape index (κ1) is 16.0. The van der Waals surface area contributed by atoms with Crippen molar-refractivity contribution < 1.29 is 9.53 Å². The predicted octanol–water partition coefficient (Wildman–Crippen LogP) is 2.05. The van der Waals surface area contributed by atoms with Crippen molar-refractivity contribution in [3.63, 3.8) is 0 Å². The van der Waals surface area contributed by atoms with Crippen molar-refractivity contribution in [3.05, 3.63) is 29.8 Å². The van der Waals surface area contributed by atoms with Gasteiger partial charge in [-0.1, -0.05) is 25.1 Å². The average Bonchev–Trinajstić information content (AvgIpc) is 2.29. The summed E-state index contributed by atoms with van der Waals surface area (Å²) in [4.78, 5) is 12.1. The zero-order chi connectivity index (χ0) is 13.0. The molecule has 4 nitrogen and oxygen atoms in total. The van der Waals surface area contributed by atoms with Gasteiger partial charge in [0.2, 0.25) is 5.91 Å². The lowest BCUT2D eigenvalue weighted by Gasteiger charge is -2.31. The number of methoxy groups -OCH3 is 1. The molecule has 2 N–H and O–H groups in total. The van der Waals surface area contributed by atoms with E-state index in [0.717, 1.165) is 24.3 Å². The first-order chi connectivity index (χ1) is 8.72. The Kier molecular flexibility index (Phi) is 6.28. The Hall–Kier alpha value is -1.10. The number of benzene rings is 1. The average molecular weight is 285 g/mol. The molecule has 0 bridgehead atoms. The van der Waals surface area contributed by atoms with E-state index in [1.807, 2.05) is 31.2 Å². The molecule has 1 unspecified atom stereocenters. The number of rotatable bonds is 5. The van der Waals surface area contributed by atoms with E-state index in [9.17, 15) is 4.79 Å². The molecule has 0 aromatic heterocycles. The van der Waals surface area contributed by atoms with Gasteiger partial charge in [0.25, 0.3) is 0 Å². The molecule has 1 aliphatic rings. The molecule has 19 heavy (non-hydrogen) atoms. The van der Waals surface area contributed by atoms with Crippen molar-refractivity contribution in [1.82, 2.24) is 5.32 Å². The highest BCUT2D eigenvalue weighted by molar-refractivity contribution is 5.93. The lowest BCUT2D eigenvalue weighted by Crippen LogP contribution is -2.48. The van der Waals surface area contributed by atoms with Crippen molar-refractivity contribution in [2.24, 2.45) is 11.8 Å². The molecule has 1 aliphatic heterocycles. The van der Waals surface area contributed by atoms with E-state index in [1.54, 1.807) is 7.11 Å². The first-order valence-electron chi connectivity index (χ1n) is 6.30. The third-order valence-corrected chi connectivity index (χ3v) is 3.51. The minimum absolute atomic E-state index is 0. The third kappa shape index (κ3) is 3.93. The molecular weight excluding hydrogens is 264 g/mol. The summed E-state index contributed by atoms with van der Waals surface area (Å²) in [5.74, 6) is 0.589. The molecular formula is C14H21ClN2O2. The Morgan fingerprint density at radius 2 is 2.16 bits per heavy atom. The van der Waals surface area contributed by atoms with Gasteiger partial charge < -0.3 is 15.4 Å². The molecule has 0 aliphatic carbocycles. The number of nitrogens with one attached hydrogen (secondary N) is 2. The highest BCUT2D eigenvalue weighted by Crippen LogP contribution is 2.20. The fourth-order valence-corrected chi connectivity index (χ4v) is 2.05. The second kappa shape index (κ2) is 7.48. The van der Waals surface area contributed by atoms with E-state index in [0.29, 0.717) is 12.5 Å². The zero-order valence-electron chi connectivity index (χ0n) is 11.3. The van der Waals surface area contributed by atoms with Crippen molar-refractivity contribution in [3.8, 4) is 0 Å². The van der Waals surface area contributed by atoms with E-state index in [1.165, 1.54) is 0 Å². The lowest BCUT2D eigenvalue weighted by molar-refractivity contribution is -0.121. The second-order valence-corrected chi connectivity index (χ2v) is 4.79. The van der Waals surface area contributed by atoms with Crippen molar-refractivity contribution >= 4 is 24.0 Å². The molecule has 106 valence electrons. The zero-order valence-corrected chi connectivity index (χ0v) is 12.1. The summed E-state index contributed by atoms with van der Waals surface area (Å²) < 4.78 is 5.13. The lowest BCUT2D eigenvalue weighted by atomic mass is 9.88. The largest absolute Gasteiger partial charge is 0.380 e. The maximum atomic E-state index is 12.1.